The summed E-state index contributed by atoms with van der Waals surface area (Å²) >= 11 is 6.05. The van der Waals surface area contributed by atoms with Gasteiger partial charge in [0.25, 0.3) is 0 Å². The summed E-state index contributed by atoms with van der Waals surface area (Å²) in [6.07, 6.45) is -3.88. The number of halogens is 5. The Balaban J connectivity index is 0.000000553. The Morgan fingerprint density at radius 3 is 2.53 bits per heavy atom. The molecule has 1 aromatic carbocycles. The van der Waals surface area contributed by atoms with Crippen LogP contribution in [0, 0.1) is 17.1 Å². The first-order valence-electron chi connectivity index (χ1n) is 8.75. The van der Waals surface area contributed by atoms with E-state index in [4.69, 9.17) is 20.9 Å². The largest absolute Gasteiger partial charge is 0.395 e. The molecule has 0 unspecified atom stereocenters. The number of nitriles is 1. The van der Waals surface area contributed by atoms with Crippen molar-refractivity contribution in [3.8, 4) is 17.3 Å². The van der Waals surface area contributed by atoms with E-state index in [-0.39, 0.29) is 28.1 Å². The van der Waals surface area contributed by atoms with Crippen molar-refractivity contribution in [3.05, 3.63) is 46.4 Å². The fourth-order valence-electron chi connectivity index (χ4n) is 2.17. The summed E-state index contributed by atoms with van der Waals surface area (Å²) in [4.78, 5) is 11.2. The van der Waals surface area contributed by atoms with Gasteiger partial charge in [0.1, 0.15) is 29.4 Å². The second-order valence-electron chi connectivity index (χ2n) is 6.17. The monoisotopic (exact) mass is 445 g/mol. The van der Waals surface area contributed by atoms with Crippen LogP contribution in [0.2, 0.25) is 5.02 Å². The minimum Gasteiger partial charge on any atom is -0.355 e. The van der Waals surface area contributed by atoms with Crippen LogP contribution in [0.15, 0.2) is 28.8 Å². The fraction of sp³-hybridized carbons (Fsp3) is 0.350. The number of hydrogen-bond acceptors (Lipinski definition) is 5. The van der Waals surface area contributed by atoms with Crippen molar-refractivity contribution in [2.45, 2.75) is 26.4 Å². The van der Waals surface area contributed by atoms with Gasteiger partial charge in [-0.1, -0.05) is 35.8 Å². The van der Waals surface area contributed by atoms with Crippen LogP contribution in [0.1, 0.15) is 31.6 Å². The van der Waals surface area contributed by atoms with Gasteiger partial charge in [0.2, 0.25) is 0 Å². The molecule has 0 fully saturated rings. The molecule has 0 amide bonds. The highest BCUT2D eigenvalue weighted by atomic mass is 35.5. The Morgan fingerprint density at radius 2 is 2.07 bits per heavy atom. The molecule has 0 saturated carbocycles. The minimum absolute atomic E-state index is 0.0826. The highest BCUT2D eigenvalue weighted by Gasteiger charge is 2.25. The number of aromatic nitrogens is 1. The van der Waals surface area contributed by atoms with Crippen molar-refractivity contribution in [3.63, 3.8) is 0 Å². The summed E-state index contributed by atoms with van der Waals surface area (Å²) in [5.41, 5.74) is 1.17. The number of likely N-dealkylation sites (N-methyl/N-ethyl adjacent to an activating group) is 1. The number of alkyl halides is 3. The highest BCUT2D eigenvalue weighted by Crippen LogP contribution is 2.34. The van der Waals surface area contributed by atoms with E-state index in [0.717, 1.165) is 12.1 Å². The molecule has 0 aliphatic rings. The maximum Gasteiger partial charge on any atom is 0.395 e. The van der Waals surface area contributed by atoms with Gasteiger partial charge in [0, 0.05) is 6.54 Å². The normalized spacial score (nSPS) is 11.7. The highest BCUT2D eigenvalue weighted by molar-refractivity contribution is 6.33. The standard InChI is InChI=1S/C17H17ClFN3O.C3H3F3O/c1-4-22(3)9-8-11(2)17-12(10-20)16(21-23-17)15-13(18)6-5-7-14(15)19;4-3(5,6)1-2-7/h5-8H,4,9H2,1-3H3;2H,1H2. The number of carbonyl (C=O) groups excluding carboxylic acids is 1. The molecule has 0 atom stereocenters. The third-order valence-electron chi connectivity index (χ3n) is 3.93. The third-order valence-corrected chi connectivity index (χ3v) is 4.24. The van der Waals surface area contributed by atoms with Crippen LogP contribution >= 0.6 is 11.6 Å². The van der Waals surface area contributed by atoms with Crippen molar-refractivity contribution in [2.75, 3.05) is 20.1 Å². The van der Waals surface area contributed by atoms with Gasteiger partial charge in [0.15, 0.2) is 5.76 Å². The van der Waals surface area contributed by atoms with Gasteiger partial charge in [-0.3, -0.25) is 0 Å². The van der Waals surface area contributed by atoms with E-state index < -0.39 is 18.4 Å². The summed E-state index contributed by atoms with van der Waals surface area (Å²) in [5, 5.41) is 13.5. The smallest absolute Gasteiger partial charge is 0.355 e. The van der Waals surface area contributed by atoms with Crippen LogP contribution in [0.4, 0.5) is 17.6 Å². The molecule has 2 rings (SSSR count). The molecular weight excluding hydrogens is 426 g/mol. The lowest BCUT2D eigenvalue weighted by molar-refractivity contribution is -0.144. The van der Waals surface area contributed by atoms with E-state index >= 15 is 0 Å². The van der Waals surface area contributed by atoms with Crippen LogP contribution in [-0.4, -0.2) is 42.7 Å². The van der Waals surface area contributed by atoms with Crippen molar-refractivity contribution in [1.29, 1.82) is 5.26 Å². The molecule has 0 bridgehead atoms. The predicted octanol–water partition coefficient (Wildman–Crippen LogP) is 5.50. The van der Waals surface area contributed by atoms with Crippen LogP contribution in [0.5, 0.6) is 0 Å². The Morgan fingerprint density at radius 1 is 1.40 bits per heavy atom. The van der Waals surface area contributed by atoms with Crippen molar-refractivity contribution in [1.82, 2.24) is 10.1 Å². The number of allylic oxidation sites excluding steroid dienone is 1. The molecule has 5 nitrogen and oxygen atoms in total. The van der Waals surface area contributed by atoms with Gasteiger partial charge in [-0.15, -0.1) is 0 Å². The molecule has 1 heterocycles. The van der Waals surface area contributed by atoms with E-state index in [2.05, 4.69) is 17.0 Å². The molecule has 0 saturated heterocycles. The van der Waals surface area contributed by atoms with Crippen LogP contribution in [0.3, 0.4) is 0 Å². The summed E-state index contributed by atoms with van der Waals surface area (Å²) in [6, 6.07) is 6.37. The molecule has 0 radical (unpaired) electrons. The van der Waals surface area contributed by atoms with Crippen LogP contribution in [0.25, 0.3) is 16.8 Å². The zero-order valence-electron chi connectivity index (χ0n) is 16.6. The fourth-order valence-corrected chi connectivity index (χ4v) is 2.42. The molecule has 0 aliphatic heterocycles. The number of rotatable bonds is 6. The van der Waals surface area contributed by atoms with E-state index in [9.17, 15) is 22.8 Å². The summed E-state index contributed by atoms with van der Waals surface area (Å²) in [7, 11) is 1.99. The number of aldehydes is 1. The number of nitrogens with zero attached hydrogens (tertiary/aromatic N) is 3. The van der Waals surface area contributed by atoms with E-state index in [0.29, 0.717) is 12.3 Å². The molecule has 0 N–H and O–H groups in total. The summed E-state index contributed by atoms with van der Waals surface area (Å²) < 4.78 is 51.8. The quantitative estimate of drug-likeness (QED) is 0.434. The van der Waals surface area contributed by atoms with Gasteiger partial charge in [-0.05, 0) is 38.2 Å². The van der Waals surface area contributed by atoms with E-state index in [1.165, 1.54) is 12.1 Å². The zero-order chi connectivity index (χ0) is 22.9. The van der Waals surface area contributed by atoms with Gasteiger partial charge in [0.05, 0.1) is 17.0 Å². The molecule has 10 heteroatoms. The SMILES string of the molecule is CCN(C)CC=C(C)c1onc(-c2c(F)cccc2Cl)c1C#N.O=CCC(F)(F)F. The maximum atomic E-state index is 14.1. The van der Waals surface area contributed by atoms with Crippen molar-refractivity contribution >= 4 is 23.5 Å². The van der Waals surface area contributed by atoms with Gasteiger partial charge < -0.3 is 14.2 Å². The zero-order valence-corrected chi connectivity index (χ0v) is 17.3. The molecular formula is C20H20ClF4N3O2. The number of hydrogen-bond donors (Lipinski definition) is 0. The molecule has 2 aromatic rings. The Bertz CT molecular complexity index is 913. The Labute approximate surface area is 176 Å². The number of benzene rings is 1. The topological polar surface area (TPSA) is 70.1 Å². The second kappa shape index (κ2) is 11.5. The average Bonchev–Trinajstić information content (AvgIpc) is 3.09. The second-order valence-corrected chi connectivity index (χ2v) is 6.58. The van der Waals surface area contributed by atoms with Gasteiger partial charge in [-0.25, -0.2) is 4.39 Å². The predicted molar refractivity (Wildman–Crippen MR) is 105 cm³/mol. The van der Waals surface area contributed by atoms with Crippen LogP contribution in [-0.2, 0) is 4.79 Å². The lowest BCUT2D eigenvalue weighted by Crippen LogP contribution is -2.17. The van der Waals surface area contributed by atoms with Gasteiger partial charge >= 0.3 is 6.18 Å². The first kappa shape index (κ1) is 25.3. The average molecular weight is 446 g/mol. The first-order valence-corrected chi connectivity index (χ1v) is 9.13. The molecule has 162 valence electrons. The Hall–Kier alpha value is -2.70. The first-order chi connectivity index (χ1) is 14.1. The lowest BCUT2D eigenvalue weighted by Gasteiger charge is -2.10. The summed E-state index contributed by atoms with van der Waals surface area (Å²) in [6.45, 7) is 5.50. The van der Waals surface area contributed by atoms with Gasteiger partial charge in [-0.2, -0.15) is 18.4 Å². The van der Waals surface area contributed by atoms with Crippen molar-refractivity contribution in [2.24, 2.45) is 0 Å². The molecule has 0 spiro atoms. The Kier molecular flexibility index (Phi) is 9.69. The van der Waals surface area contributed by atoms with Crippen molar-refractivity contribution < 1.29 is 26.9 Å². The summed E-state index contributed by atoms with van der Waals surface area (Å²) in [5.74, 6) is -0.201. The number of carbonyl (C=O) groups is 1. The molecule has 30 heavy (non-hydrogen) atoms. The van der Waals surface area contributed by atoms with E-state index in [1.807, 2.05) is 26.1 Å². The molecule has 1 aromatic heterocycles. The minimum atomic E-state index is -4.32. The molecule has 0 aliphatic carbocycles. The van der Waals surface area contributed by atoms with Crippen LogP contribution < -0.4 is 0 Å². The third kappa shape index (κ3) is 7.28. The maximum absolute atomic E-state index is 14.1. The lowest BCUT2D eigenvalue weighted by atomic mass is 10.0. The van der Waals surface area contributed by atoms with E-state index in [1.54, 1.807) is 6.07 Å².